The molecule has 6 nitrogen and oxygen atoms in total. The van der Waals surface area contributed by atoms with Gasteiger partial charge in [0.2, 0.25) is 11.7 Å². The molecule has 1 saturated heterocycles. The Balaban J connectivity index is 1.66. The molecule has 1 aromatic heterocycles. The highest BCUT2D eigenvalue weighted by Gasteiger charge is 2.33. The van der Waals surface area contributed by atoms with E-state index in [4.69, 9.17) is 9.26 Å². The molecule has 112 valence electrons. The molecule has 2 aliphatic rings. The van der Waals surface area contributed by atoms with Gasteiger partial charge in [-0.1, -0.05) is 12.1 Å². The molecule has 2 heterocycles. The van der Waals surface area contributed by atoms with E-state index in [1.54, 1.807) is 0 Å². The van der Waals surface area contributed by atoms with E-state index in [0.717, 1.165) is 45.3 Å². The fourth-order valence-corrected chi connectivity index (χ4v) is 3.14. The lowest BCUT2D eigenvalue weighted by molar-refractivity contribution is -0.0350. The first-order valence-electron chi connectivity index (χ1n) is 7.63. The summed E-state index contributed by atoms with van der Waals surface area (Å²) in [6, 6.07) is 0. The lowest BCUT2D eigenvalue weighted by Crippen LogP contribution is -2.39. The third-order valence-corrected chi connectivity index (χ3v) is 4.23. The highest BCUT2D eigenvalue weighted by Crippen LogP contribution is 2.34. The Hall–Kier alpha value is -0.980. The second kappa shape index (κ2) is 6.20. The second-order valence-corrected chi connectivity index (χ2v) is 5.76. The van der Waals surface area contributed by atoms with Crippen LogP contribution < -0.4 is 0 Å². The zero-order valence-corrected chi connectivity index (χ0v) is 12.0. The molecule has 1 aliphatic carbocycles. The SMILES string of the molecule is CCCN1CCOC(c2noc(C3CCCC3O)n2)C1. The van der Waals surface area contributed by atoms with Crippen molar-refractivity contribution in [3.8, 4) is 0 Å². The largest absolute Gasteiger partial charge is 0.392 e. The van der Waals surface area contributed by atoms with Crippen molar-refractivity contribution in [2.45, 2.75) is 50.7 Å². The number of rotatable bonds is 4. The van der Waals surface area contributed by atoms with Crippen molar-refractivity contribution in [2.24, 2.45) is 0 Å². The first kappa shape index (κ1) is 14.0. The maximum Gasteiger partial charge on any atom is 0.232 e. The molecule has 3 rings (SSSR count). The van der Waals surface area contributed by atoms with Crippen LogP contribution in [-0.4, -0.2) is 52.5 Å². The smallest absolute Gasteiger partial charge is 0.232 e. The number of hydrogen-bond acceptors (Lipinski definition) is 6. The van der Waals surface area contributed by atoms with Crippen LogP contribution in [0.15, 0.2) is 4.52 Å². The normalized spacial score (nSPS) is 31.8. The van der Waals surface area contributed by atoms with Gasteiger partial charge in [-0.15, -0.1) is 0 Å². The van der Waals surface area contributed by atoms with E-state index in [9.17, 15) is 5.11 Å². The molecule has 0 aromatic carbocycles. The van der Waals surface area contributed by atoms with Crippen molar-refractivity contribution >= 4 is 0 Å². The average molecular weight is 281 g/mol. The molecule has 20 heavy (non-hydrogen) atoms. The fraction of sp³-hybridized carbons (Fsp3) is 0.857. The Morgan fingerprint density at radius 1 is 1.40 bits per heavy atom. The van der Waals surface area contributed by atoms with E-state index in [0.29, 0.717) is 18.3 Å². The Labute approximate surface area is 119 Å². The van der Waals surface area contributed by atoms with Crippen LogP contribution in [0.3, 0.4) is 0 Å². The van der Waals surface area contributed by atoms with E-state index >= 15 is 0 Å². The molecule has 0 amide bonds. The van der Waals surface area contributed by atoms with Crippen LogP contribution in [0, 0.1) is 0 Å². The molecular formula is C14H23N3O3. The van der Waals surface area contributed by atoms with Crippen LogP contribution in [0.25, 0.3) is 0 Å². The van der Waals surface area contributed by atoms with Gasteiger partial charge in [0.05, 0.1) is 18.6 Å². The van der Waals surface area contributed by atoms with Gasteiger partial charge in [-0.05, 0) is 32.2 Å². The molecule has 1 saturated carbocycles. The number of aliphatic hydroxyl groups excluding tert-OH is 1. The maximum atomic E-state index is 9.91. The third-order valence-electron chi connectivity index (χ3n) is 4.23. The van der Waals surface area contributed by atoms with Crippen molar-refractivity contribution in [2.75, 3.05) is 26.2 Å². The van der Waals surface area contributed by atoms with Crippen molar-refractivity contribution in [1.82, 2.24) is 15.0 Å². The van der Waals surface area contributed by atoms with Gasteiger partial charge < -0.3 is 14.4 Å². The molecular weight excluding hydrogens is 258 g/mol. The summed E-state index contributed by atoms with van der Waals surface area (Å²) in [6.07, 6.45) is 3.47. The Kier molecular flexibility index (Phi) is 4.33. The summed E-state index contributed by atoms with van der Waals surface area (Å²) >= 11 is 0. The molecule has 1 aliphatic heterocycles. The Morgan fingerprint density at radius 2 is 2.30 bits per heavy atom. The number of aromatic nitrogens is 2. The summed E-state index contributed by atoms with van der Waals surface area (Å²) in [5.41, 5.74) is 0. The summed E-state index contributed by atoms with van der Waals surface area (Å²) in [5, 5.41) is 14.0. The van der Waals surface area contributed by atoms with E-state index in [1.807, 2.05) is 0 Å². The van der Waals surface area contributed by atoms with Crippen molar-refractivity contribution < 1.29 is 14.4 Å². The van der Waals surface area contributed by atoms with Gasteiger partial charge in [-0.2, -0.15) is 4.98 Å². The lowest BCUT2D eigenvalue weighted by atomic mass is 10.1. The number of hydrogen-bond donors (Lipinski definition) is 1. The summed E-state index contributed by atoms with van der Waals surface area (Å²) in [4.78, 5) is 6.84. The standard InChI is InChI=1S/C14H23N3O3/c1-2-6-17-7-8-19-12(9-17)13-15-14(20-16-13)10-4-3-5-11(10)18/h10-12,18H,2-9H2,1H3. The van der Waals surface area contributed by atoms with Crippen molar-refractivity contribution in [1.29, 1.82) is 0 Å². The van der Waals surface area contributed by atoms with Gasteiger partial charge in [-0.25, -0.2) is 0 Å². The first-order valence-corrected chi connectivity index (χ1v) is 7.63. The highest BCUT2D eigenvalue weighted by atomic mass is 16.5. The van der Waals surface area contributed by atoms with E-state index < -0.39 is 0 Å². The van der Waals surface area contributed by atoms with E-state index in [2.05, 4.69) is 22.0 Å². The maximum absolute atomic E-state index is 9.91. The predicted molar refractivity (Wildman–Crippen MR) is 72.3 cm³/mol. The first-order chi connectivity index (χ1) is 9.78. The monoisotopic (exact) mass is 281 g/mol. The number of aliphatic hydroxyl groups is 1. The van der Waals surface area contributed by atoms with Gasteiger partial charge in [0, 0.05) is 13.1 Å². The zero-order chi connectivity index (χ0) is 13.9. The molecule has 3 unspecified atom stereocenters. The van der Waals surface area contributed by atoms with Gasteiger partial charge in [0.25, 0.3) is 0 Å². The van der Waals surface area contributed by atoms with Gasteiger partial charge in [0.1, 0.15) is 6.10 Å². The van der Waals surface area contributed by atoms with Crippen LogP contribution in [0.2, 0.25) is 0 Å². The van der Waals surface area contributed by atoms with Gasteiger partial charge in [0.15, 0.2) is 0 Å². The molecule has 0 radical (unpaired) electrons. The van der Waals surface area contributed by atoms with Crippen molar-refractivity contribution in [3.05, 3.63) is 11.7 Å². The third kappa shape index (κ3) is 2.87. The lowest BCUT2D eigenvalue weighted by Gasteiger charge is -2.30. The van der Waals surface area contributed by atoms with E-state index in [1.165, 1.54) is 0 Å². The summed E-state index contributed by atoms with van der Waals surface area (Å²) < 4.78 is 11.1. The molecule has 2 fully saturated rings. The van der Waals surface area contributed by atoms with E-state index in [-0.39, 0.29) is 18.1 Å². The Morgan fingerprint density at radius 3 is 3.05 bits per heavy atom. The highest BCUT2D eigenvalue weighted by molar-refractivity contribution is 5.02. The number of ether oxygens (including phenoxy) is 1. The minimum absolute atomic E-state index is 0.00610. The predicted octanol–water partition coefficient (Wildman–Crippen LogP) is 1.48. The average Bonchev–Trinajstić information content (AvgIpc) is 3.08. The minimum atomic E-state index is -0.341. The molecule has 1 aromatic rings. The molecule has 0 bridgehead atoms. The van der Waals surface area contributed by atoms with Crippen LogP contribution >= 0.6 is 0 Å². The Bertz CT molecular complexity index is 435. The fourth-order valence-electron chi connectivity index (χ4n) is 3.14. The van der Waals surface area contributed by atoms with Gasteiger partial charge >= 0.3 is 0 Å². The molecule has 1 N–H and O–H groups in total. The second-order valence-electron chi connectivity index (χ2n) is 5.76. The summed E-state index contributed by atoms with van der Waals surface area (Å²) in [6.45, 7) is 5.75. The van der Waals surface area contributed by atoms with Crippen molar-refractivity contribution in [3.63, 3.8) is 0 Å². The topological polar surface area (TPSA) is 71.6 Å². The molecule has 0 spiro atoms. The minimum Gasteiger partial charge on any atom is -0.392 e. The molecule has 3 atom stereocenters. The van der Waals surface area contributed by atoms with Crippen LogP contribution in [0.1, 0.15) is 56.3 Å². The van der Waals surface area contributed by atoms with Crippen LogP contribution in [0.4, 0.5) is 0 Å². The quantitative estimate of drug-likeness (QED) is 0.901. The van der Waals surface area contributed by atoms with Crippen LogP contribution in [-0.2, 0) is 4.74 Å². The van der Waals surface area contributed by atoms with Gasteiger partial charge in [-0.3, -0.25) is 4.90 Å². The zero-order valence-electron chi connectivity index (χ0n) is 12.0. The number of nitrogens with zero attached hydrogens (tertiary/aromatic N) is 3. The molecule has 6 heteroatoms. The number of morpholine rings is 1. The summed E-state index contributed by atoms with van der Waals surface area (Å²) in [7, 11) is 0. The summed E-state index contributed by atoms with van der Waals surface area (Å²) in [5.74, 6) is 1.20. The van der Waals surface area contributed by atoms with Crippen LogP contribution in [0.5, 0.6) is 0 Å².